The molecule has 0 aliphatic rings. The number of hydrogen-bond acceptors (Lipinski definition) is 4. The summed E-state index contributed by atoms with van der Waals surface area (Å²) in [6, 6.07) is 0.407. The van der Waals surface area contributed by atoms with Gasteiger partial charge in [0.05, 0.1) is 6.20 Å². The van der Waals surface area contributed by atoms with Crippen LogP contribution in [0, 0.1) is 11.3 Å². The summed E-state index contributed by atoms with van der Waals surface area (Å²) in [5.74, 6) is -1.68. The number of Topliss-reactive ketones (excluding diaryl/α,β-unsaturated/α-hetero) is 1. The van der Waals surface area contributed by atoms with E-state index in [1.165, 1.54) is 12.3 Å². The summed E-state index contributed by atoms with van der Waals surface area (Å²) in [5, 5.41) is 20.0. The van der Waals surface area contributed by atoms with Gasteiger partial charge in [0.25, 0.3) is 5.91 Å². The molecule has 0 spiro atoms. The number of hydrogen-bond donors (Lipinski definition) is 4. The molecule has 0 fully saturated rings. The number of ketones is 1. The first kappa shape index (κ1) is 19.7. The number of aromatic amines is 1. The number of carbonyl (C=O) groups is 3. The second kappa shape index (κ2) is 8.47. The summed E-state index contributed by atoms with van der Waals surface area (Å²) in [4.78, 5) is 36.0. The summed E-state index contributed by atoms with van der Waals surface area (Å²) in [6.45, 7) is 7.90. The maximum Gasteiger partial charge on any atom is 0.405 e. The van der Waals surface area contributed by atoms with E-state index in [2.05, 4.69) is 20.8 Å². The van der Waals surface area contributed by atoms with E-state index in [4.69, 9.17) is 5.11 Å². The van der Waals surface area contributed by atoms with Crippen LogP contribution in [0.15, 0.2) is 12.3 Å². The quantitative estimate of drug-likeness (QED) is 0.515. The number of rotatable bonds is 9. The zero-order valence-electron chi connectivity index (χ0n) is 14.5. The van der Waals surface area contributed by atoms with Crippen molar-refractivity contribution < 1.29 is 19.5 Å². The summed E-state index contributed by atoms with van der Waals surface area (Å²) in [5.41, 5.74) is -0.299. The number of carboxylic acid groups (broad SMARTS) is 1. The van der Waals surface area contributed by atoms with Gasteiger partial charge in [-0.2, -0.15) is 5.10 Å². The molecule has 1 heterocycles. The smallest absolute Gasteiger partial charge is 0.405 e. The molecule has 1 unspecified atom stereocenters. The van der Waals surface area contributed by atoms with Gasteiger partial charge in [-0.05, 0) is 17.8 Å². The van der Waals surface area contributed by atoms with Crippen molar-refractivity contribution in [1.82, 2.24) is 15.5 Å². The summed E-state index contributed by atoms with van der Waals surface area (Å²) in [6.07, 6.45) is 2.28. The predicted molar refractivity (Wildman–Crippen MR) is 89.6 cm³/mol. The molecular formula is C16H26N4O4. The first-order valence-electron chi connectivity index (χ1n) is 8.07. The van der Waals surface area contributed by atoms with Gasteiger partial charge in [-0.15, -0.1) is 0 Å². The van der Waals surface area contributed by atoms with Crippen molar-refractivity contribution in [2.75, 3.05) is 5.32 Å². The van der Waals surface area contributed by atoms with E-state index in [0.29, 0.717) is 6.42 Å². The molecule has 24 heavy (non-hydrogen) atoms. The average molecular weight is 338 g/mol. The van der Waals surface area contributed by atoms with Crippen molar-refractivity contribution in [3.05, 3.63) is 12.3 Å². The molecule has 0 aliphatic heterocycles. The highest BCUT2D eigenvalue weighted by atomic mass is 16.4. The minimum absolute atomic E-state index is 0.282. The summed E-state index contributed by atoms with van der Waals surface area (Å²) in [7, 11) is 0. The largest absolute Gasteiger partial charge is 0.465 e. The van der Waals surface area contributed by atoms with E-state index < -0.39 is 23.8 Å². The lowest BCUT2D eigenvalue weighted by molar-refractivity contribution is -0.137. The normalized spacial score (nSPS) is 13.8. The molecule has 0 saturated heterocycles. The van der Waals surface area contributed by atoms with Gasteiger partial charge in [-0.3, -0.25) is 14.7 Å². The Morgan fingerprint density at radius 3 is 2.46 bits per heavy atom. The Bertz CT molecular complexity index is 569. The van der Waals surface area contributed by atoms with Crippen LogP contribution < -0.4 is 10.6 Å². The van der Waals surface area contributed by atoms with Crippen molar-refractivity contribution in [3.63, 3.8) is 0 Å². The average Bonchev–Trinajstić information content (AvgIpc) is 3.02. The molecule has 0 aliphatic carbocycles. The second-order valence-electron chi connectivity index (χ2n) is 6.45. The number of aromatic nitrogens is 2. The van der Waals surface area contributed by atoms with Crippen LogP contribution in [-0.2, 0) is 9.59 Å². The topological polar surface area (TPSA) is 124 Å². The molecule has 2 atom stereocenters. The fourth-order valence-electron chi connectivity index (χ4n) is 2.71. The molecule has 134 valence electrons. The fourth-order valence-corrected chi connectivity index (χ4v) is 2.71. The lowest BCUT2D eigenvalue weighted by atomic mass is 9.69. The molecule has 1 rings (SSSR count). The van der Waals surface area contributed by atoms with Gasteiger partial charge in [0.15, 0.2) is 0 Å². The molecule has 8 nitrogen and oxygen atoms in total. The van der Waals surface area contributed by atoms with E-state index >= 15 is 0 Å². The van der Waals surface area contributed by atoms with Crippen molar-refractivity contribution in [3.8, 4) is 0 Å². The number of H-pyrrole nitrogens is 1. The minimum Gasteiger partial charge on any atom is -0.465 e. The Labute approximate surface area is 141 Å². The molecular weight excluding hydrogens is 312 g/mol. The van der Waals surface area contributed by atoms with Crippen LogP contribution in [0.25, 0.3) is 0 Å². The van der Waals surface area contributed by atoms with Crippen LogP contribution in [0.4, 0.5) is 10.6 Å². The van der Waals surface area contributed by atoms with Gasteiger partial charge < -0.3 is 15.7 Å². The van der Waals surface area contributed by atoms with Gasteiger partial charge in [-0.25, -0.2) is 4.79 Å². The van der Waals surface area contributed by atoms with E-state index in [0.717, 1.165) is 12.8 Å². The highest BCUT2D eigenvalue weighted by Crippen LogP contribution is 2.36. The highest BCUT2D eigenvalue weighted by molar-refractivity contribution is 6.42. The molecule has 8 heteroatoms. The molecule has 2 amide bonds. The van der Waals surface area contributed by atoms with Crippen LogP contribution >= 0.6 is 0 Å². The molecule has 4 N–H and O–H groups in total. The number of anilines is 1. The van der Waals surface area contributed by atoms with Crippen LogP contribution in [-0.4, -0.2) is 39.1 Å². The lowest BCUT2D eigenvalue weighted by Gasteiger charge is -2.38. The molecule has 1 aromatic heterocycles. The van der Waals surface area contributed by atoms with Gasteiger partial charge >= 0.3 is 6.09 Å². The standard InChI is InChI=1S/C16H26N4O4/c1-5-7-10(16(3,4)6-2)12(19-15(23)24)13(21)14(22)18-11-8-9-17-20-11/h8-10,12,19H,5-7H2,1-4H3,(H,23,24)(H2,17,18,20,22)/t10?,12-/m0/s1. The number of nitrogens with zero attached hydrogens (tertiary/aromatic N) is 1. The maximum atomic E-state index is 12.6. The second-order valence-corrected chi connectivity index (χ2v) is 6.45. The minimum atomic E-state index is -1.32. The zero-order chi connectivity index (χ0) is 18.3. The molecule has 0 aromatic carbocycles. The Kier molecular flexibility index (Phi) is 6.94. The van der Waals surface area contributed by atoms with Gasteiger partial charge in [-0.1, -0.05) is 40.5 Å². The van der Waals surface area contributed by atoms with Crippen LogP contribution in [0.5, 0.6) is 0 Å². The molecule has 1 aromatic rings. The van der Waals surface area contributed by atoms with E-state index in [-0.39, 0.29) is 17.2 Å². The first-order chi connectivity index (χ1) is 11.2. The van der Waals surface area contributed by atoms with E-state index in [1.54, 1.807) is 0 Å². The summed E-state index contributed by atoms with van der Waals surface area (Å²) >= 11 is 0. The Hall–Kier alpha value is -2.38. The van der Waals surface area contributed by atoms with Crippen LogP contribution in [0.3, 0.4) is 0 Å². The van der Waals surface area contributed by atoms with Gasteiger partial charge in [0.2, 0.25) is 5.78 Å². The number of carbonyl (C=O) groups excluding carboxylic acids is 2. The molecule has 0 saturated carbocycles. The fraction of sp³-hybridized carbons (Fsp3) is 0.625. The van der Waals surface area contributed by atoms with Gasteiger partial charge in [0.1, 0.15) is 11.9 Å². The van der Waals surface area contributed by atoms with Crippen molar-refractivity contribution >= 4 is 23.6 Å². The maximum absolute atomic E-state index is 12.6. The first-order valence-corrected chi connectivity index (χ1v) is 8.07. The van der Waals surface area contributed by atoms with Crippen LogP contribution in [0.1, 0.15) is 47.0 Å². The lowest BCUT2D eigenvalue weighted by Crippen LogP contribution is -2.53. The third-order valence-corrected chi connectivity index (χ3v) is 4.45. The zero-order valence-corrected chi connectivity index (χ0v) is 14.5. The number of nitrogens with one attached hydrogen (secondary N) is 3. The third kappa shape index (κ3) is 5.07. The monoisotopic (exact) mass is 338 g/mol. The Morgan fingerprint density at radius 1 is 1.33 bits per heavy atom. The van der Waals surface area contributed by atoms with Gasteiger partial charge in [0, 0.05) is 6.07 Å². The van der Waals surface area contributed by atoms with E-state index in [1.807, 2.05) is 27.7 Å². The molecule has 0 bridgehead atoms. The van der Waals surface area contributed by atoms with E-state index in [9.17, 15) is 14.4 Å². The highest BCUT2D eigenvalue weighted by Gasteiger charge is 2.40. The van der Waals surface area contributed by atoms with Crippen molar-refractivity contribution in [2.45, 2.75) is 53.0 Å². The number of amides is 2. The van der Waals surface area contributed by atoms with Crippen LogP contribution in [0.2, 0.25) is 0 Å². The third-order valence-electron chi connectivity index (χ3n) is 4.45. The Balaban J connectivity index is 3.06. The van der Waals surface area contributed by atoms with Crippen molar-refractivity contribution in [1.29, 1.82) is 0 Å². The Morgan fingerprint density at radius 2 is 2.00 bits per heavy atom. The summed E-state index contributed by atoms with van der Waals surface area (Å²) < 4.78 is 0. The predicted octanol–water partition coefficient (Wildman–Crippen LogP) is 2.41. The SMILES string of the molecule is CCCC([C@H](NC(=O)O)C(=O)C(=O)Nc1ccn[nH]1)C(C)(C)CC. The van der Waals surface area contributed by atoms with Crippen molar-refractivity contribution in [2.24, 2.45) is 11.3 Å². The molecule has 0 radical (unpaired) electrons.